The molecule has 1 unspecified atom stereocenters. The van der Waals surface area contributed by atoms with Gasteiger partial charge in [-0.3, -0.25) is 4.90 Å². The number of benzene rings is 2. The number of aliphatic hydroxyl groups excluding tert-OH is 1. The van der Waals surface area contributed by atoms with Crippen LogP contribution < -0.4 is 9.47 Å². The molecule has 0 aliphatic carbocycles. The van der Waals surface area contributed by atoms with E-state index in [0.717, 1.165) is 17.1 Å². The number of hydrogen-bond acceptors (Lipinski definition) is 5. The van der Waals surface area contributed by atoms with Crippen molar-refractivity contribution in [2.45, 2.75) is 19.2 Å². The quantitative estimate of drug-likeness (QED) is 0.546. The molecule has 1 heterocycles. The zero-order chi connectivity index (χ0) is 19.8. The predicted octanol–water partition coefficient (Wildman–Crippen LogP) is 4.38. The Morgan fingerprint density at radius 3 is 2.68 bits per heavy atom. The molecular formula is C22H24ClNO4. The van der Waals surface area contributed by atoms with E-state index in [2.05, 4.69) is 4.90 Å². The fourth-order valence-corrected chi connectivity index (χ4v) is 3.13. The number of furan rings is 1. The van der Waals surface area contributed by atoms with Gasteiger partial charge in [0.15, 0.2) is 0 Å². The number of methoxy groups -OCH3 is 1. The fourth-order valence-electron chi connectivity index (χ4n) is 2.94. The van der Waals surface area contributed by atoms with Gasteiger partial charge < -0.3 is 19.0 Å². The maximum atomic E-state index is 10.5. The van der Waals surface area contributed by atoms with Crippen molar-refractivity contribution < 1.29 is 19.0 Å². The smallest absolute Gasteiger partial charge is 0.138 e. The molecule has 0 aliphatic rings. The molecule has 3 aromatic rings. The van der Waals surface area contributed by atoms with E-state index in [-0.39, 0.29) is 6.61 Å². The van der Waals surface area contributed by atoms with Gasteiger partial charge in [0.2, 0.25) is 0 Å². The summed E-state index contributed by atoms with van der Waals surface area (Å²) < 4.78 is 16.4. The number of para-hydroxylation sites is 1. The van der Waals surface area contributed by atoms with E-state index in [1.807, 2.05) is 48.5 Å². The number of ether oxygens (including phenoxy) is 2. The topological polar surface area (TPSA) is 55.1 Å². The second-order valence-electron chi connectivity index (χ2n) is 6.50. The highest BCUT2D eigenvalue weighted by Gasteiger charge is 2.16. The van der Waals surface area contributed by atoms with Gasteiger partial charge >= 0.3 is 0 Å². The molecule has 0 saturated heterocycles. The normalized spacial score (nSPS) is 12.1. The lowest BCUT2D eigenvalue weighted by atomic mass is 10.2. The molecule has 1 aromatic heterocycles. The first-order chi connectivity index (χ1) is 13.6. The van der Waals surface area contributed by atoms with E-state index in [9.17, 15) is 5.11 Å². The van der Waals surface area contributed by atoms with Crippen molar-refractivity contribution in [2.75, 3.05) is 20.3 Å². The molecule has 0 bridgehead atoms. The van der Waals surface area contributed by atoms with Crippen LogP contribution in [0.3, 0.4) is 0 Å². The summed E-state index contributed by atoms with van der Waals surface area (Å²) in [6.07, 6.45) is 0.965. The third-order valence-electron chi connectivity index (χ3n) is 4.24. The lowest BCUT2D eigenvalue weighted by molar-refractivity contribution is 0.0605. The Labute approximate surface area is 170 Å². The van der Waals surface area contributed by atoms with Crippen LogP contribution >= 0.6 is 11.6 Å². The fraction of sp³-hybridized carbons (Fsp3) is 0.273. The van der Waals surface area contributed by atoms with Crippen LogP contribution in [0.5, 0.6) is 11.5 Å². The van der Waals surface area contributed by atoms with Crippen LogP contribution in [0.4, 0.5) is 0 Å². The summed E-state index contributed by atoms with van der Waals surface area (Å²) >= 11 is 6.10. The van der Waals surface area contributed by atoms with Gasteiger partial charge in [-0.25, -0.2) is 0 Å². The lowest BCUT2D eigenvalue weighted by Crippen LogP contribution is -2.35. The Bertz CT molecular complexity index is 853. The van der Waals surface area contributed by atoms with Crippen molar-refractivity contribution in [3.05, 3.63) is 83.3 Å². The highest BCUT2D eigenvalue weighted by molar-refractivity contribution is 6.32. The first-order valence-electron chi connectivity index (χ1n) is 9.07. The third kappa shape index (κ3) is 6.02. The van der Waals surface area contributed by atoms with Crippen LogP contribution in [0.25, 0.3) is 0 Å². The van der Waals surface area contributed by atoms with E-state index in [1.54, 1.807) is 25.5 Å². The van der Waals surface area contributed by atoms with Crippen molar-refractivity contribution in [3.63, 3.8) is 0 Å². The average Bonchev–Trinajstić information content (AvgIpc) is 3.20. The molecule has 0 spiro atoms. The third-order valence-corrected chi connectivity index (χ3v) is 4.55. The molecule has 148 valence electrons. The summed E-state index contributed by atoms with van der Waals surface area (Å²) in [6.45, 7) is 1.78. The second-order valence-corrected chi connectivity index (χ2v) is 6.90. The summed E-state index contributed by atoms with van der Waals surface area (Å²) in [5, 5.41) is 11.0. The zero-order valence-electron chi connectivity index (χ0n) is 15.8. The first-order valence-corrected chi connectivity index (χ1v) is 9.45. The van der Waals surface area contributed by atoms with Gasteiger partial charge in [-0.1, -0.05) is 35.9 Å². The summed E-state index contributed by atoms with van der Waals surface area (Å²) in [5.41, 5.74) is 1.09. The molecule has 0 saturated carbocycles. The molecule has 0 aliphatic heterocycles. The molecule has 1 N–H and O–H groups in total. The Morgan fingerprint density at radius 2 is 1.93 bits per heavy atom. The maximum Gasteiger partial charge on any atom is 0.138 e. The molecule has 0 radical (unpaired) electrons. The molecular weight excluding hydrogens is 378 g/mol. The minimum absolute atomic E-state index is 0.149. The Morgan fingerprint density at radius 1 is 1.07 bits per heavy atom. The van der Waals surface area contributed by atoms with Crippen LogP contribution in [0, 0.1) is 0 Å². The van der Waals surface area contributed by atoms with Gasteiger partial charge in [0.25, 0.3) is 0 Å². The van der Waals surface area contributed by atoms with Crippen molar-refractivity contribution >= 4 is 11.6 Å². The molecule has 2 aromatic carbocycles. The molecule has 6 heteroatoms. The molecule has 0 amide bonds. The summed E-state index contributed by atoms with van der Waals surface area (Å²) in [6, 6.07) is 18.9. The Hall–Kier alpha value is -2.47. The number of nitrogens with zero attached hydrogens (tertiary/aromatic N) is 1. The SMILES string of the molecule is COc1cccc(CN(Cc2ccco2)CC(O)COc2ccccc2Cl)c1. The monoisotopic (exact) mass is 401 g/mol. The lowest BCUT2D eigenvalue weighted by Gasteiger charge is -2.24. The standard InChI is InChI=1S/C22H24ClNO4/c1-26-19-7-4-6-17(12-19)13-24(15-20-8-5-11-27-20)14-18(25)16-28-22-10-3-2-9-21(22)23/h2-12,18,25H,13-16H2,1H3. The molecule has 0 fully saturated rings. The minimum Gasteiger partial charge on any atom is -0.497 e. The van der Waals surface area contributed by atoms with Crippen molar-refractivity contribution in [1.29, 1.82) is 0 Å². The van der Waals surface area contributed by atoms with Crippen LogP contribution in [0.1, 0.15) is 11.3 Å². The van der Waals surface area contributed by atoms with Gasteiger partial charge in [-0.15, -0.1) is 0 Å². The average molecular weight is 402 g/mol. The van der Waals surface area contributed by atoms with Crippen molar-refractivity contribution in [2.24, 2.45) is 0 Å². The predicted molar refractivity (Wildman–Crippen MR) is 109 cm³/mol. The van der Waals surface area contributed by atoms with Crippen molar-refractivity contribution in [3.8, 4) is 11.5 Å². The molecule has 5 nitrogen and oxygen atoms in total. The second kappa shape index (κ2) is 10.2. The van der Waals surface area contributed by atoms with E-state index >= 15 is 0 Å². The van der Waals surface area contributed by atoms with Gasteiger partial charge in [0, 0.05) is 13.1 Å². The van der Waals surface area contributed by atoms with E-state index in [0.29, 0.717) is 30.4 Å². The highest BCUT2D eigenvalue weighted by Crippen LogP contribution is 2.23. The van der Waals surface area contributed by atoms with Crippen LogP contribution in [-0.2, 0) is 13.1 Å². The molecule has 28 heavy (non-hydrogen) atoms. The number of hydrogen-bond donors (Lipinski definition) is 1. The van der Waals surface area contributed by atoms with Gasteiger partial charge in [0.05, 0.1) is 24.9 Å². The minimum atomic E-state index is -0.683. The maximum absolute atomic E-state index is 10.5. The van der Waals surface area contributed by atoms with E-state index in [1.165, 1.54) is 0 Å². The molecule has 3 rings (SSSR count). The number of rotatable bonds is 10. The summed E-state index contributed by atoms with van der Waals surface area (Å²) in [7, 11) is 1.65. The van der Waals surface area contributed by atoms with Crippen LogP contribution in [0.15, 0.2) is 71.3 Å². The number of aliphatic hydroxyl groups is 1. The van der Waals surface area contributed by atoms with Gasteiger partial charge in [-0.05, 0) is 42.0 Å². The first kappa shape index (κ1) is 20.3. The Balaban J connectivity index is 1.63. The van der Waals surface area contributed by atoms with Crippen LogP contribution in [0.2, 0.25) is 5.02 Å². The van der Waals surface area contributed by atoms with Gasteiger partial charge in [-0.2, -0.15) is 0 Å². The van der Waals surface area contributed by atoms with Gasteiger partial charge in [0.1, 0.15) is 30.0 Å². The van der Waals surface area contributed by atoms with Crippen molar-refractivity contribution in [1.82, 2.24) is 4.90 Å². The van der Waals surface area contributed by atoms with Crippen LogP contribution in [-0.4, -0.2) is 36.4 Å². The molecule has 1 atom stereocenters. The Kier molecular flexibility index (Phi) is 7.37. The largest absolute Gasteiger partial charge is 0.497 e. The van der Waals surface area contributed by atoms with E-state index < -0.39 is 6.10 Å². The zero-order valence-corrected chi connectivity index (χ0v) is 16.5. The summed E-state index contributed by atoms with van der Waals surface area (Å²) in [5.74, 6) is 2.20. The number of halogens is 1. The van der Waals surface area contributed by atoms with E-state index in [4.69, 9.17) is 25.5 Å². The highest BCUT2D eigenvalue weighted by atomic mass is 35.5. The summed E-state index contributed by atoms with van der Waals surface area (Å²) in [4.78, 5) is 2.11.